The van der Waals surface area contributed by atoms with Crippen molar-refractivity contribution >= 4 is 35.1 Å². The van der Waals surface area contributed by atoms with Crippen LogP contribution in [0.5, 0.6) is 0 Å². The van der Waals surface area contributed by atoms with Crippen LogP contribution >= 0.6 is 7.26 Å². The van der Waals surface area contributed by atoms with Gasteiger partial charge in [0.2, 0.25) is 5.96 Å². The van der Waals surface area contributed by atoms with Crippen LogP contribution in [0.4, 0.5) is 39.5 Å². The van der Waals surface area contributed by atoms with E-state index in [1.54, 1.807) is 0 Å². The van der Waals surface area contributed by atoms with Gasteiger partial charge in [0, 0.05) is 6.54 Å². The van der Waals surface area contributed by atoms with E-state index in [0.29, 0.717) is 19.4 Å². The Hall–Kier alpha value is -3.80. The first-order valence-electron chi connectivity index (χ1n) is 15.3. The molecule has 0 saturated heterocycles. The average molecular weight is 707 g/mol. The highest BCUT2D eigenvalue weighted by Crippen LogP contribution is 2.57. The molecule has 0 atom stereocenters. The van der Waals surface area contributed by atoms with E-state index in [9.17, 15) is 39.5 Å². The van der Waals surface area contributed by atoms with Crippen molar-refractivity contribution in [3.8, 4) is 0 Å². The Kier molecular flexibility index (Phi) is 13.3. The number of hydrogen-bond donors (Lipinski definition) is 3. The molecular formula is C33H38F9N5P+. The van der Waals surface area contributed by atoms with Crippen LogP contribution in [0.3, 0.4) is 0 Å². The summed E-state index contributed by atoms with van der Waals surface area (Å²) in [6.45, 7) is 0.453. The quantitative estimate of drug-likeness (QED) is 0.0526. The summed E-state index contributed by atoms with van der Waals surface area (Å²) in [6.07, 6.45) is -8.36. The van der Waals surface area contributed by atoms with E-state index >= 15 is 0 Å². The number of rotatable bonds is 14. The first-order valence-corrected chi connectivity index (χ1v) is 17.2. The lowest BCUT2D eigenvalue weighted by molar-refractivity contribution is -0.138. The van der Waals surface area contributed by atoms with Gasteiger partial charge < -0.3 is 17.2 Å². The van der Waals surface area contributed by atoms with E-state index in [-0.39, 0.29) is 34.0 Å². The van der Waals surface area contributed by atoms with Gasteiger partial charge in [0.15, 0.2) is 5.96 Å². The summed E-state index contributed by atoms with van der Waals surface area (Å²) in [4.78, 5) is 7.67. The number of aliphatic imine (C=N–C) groups is 2. The molecule has 0 saturated carbocycles. The van der Waals surface area contributed by atoms with Gasteiger partial charge in [-0.25, -0.2) is 0 Å². The largest absolute Gasteiger partial charge is 0.416 e. The van der Waals surface area contributed by atoms with E-state index in [1.165, 1.54) is 18.2 Å². The Morgan fingerprint density at radius 3 is 1.23 bits per heavy atom. The third-order valence-electron chi connectivity index (χ3n) is 7.76. The van der Waals surface area contributed by atoms with E-state index in [4.69, 9.17) is 17.2 Å². The van der Waals surface area contributed by atoms with Gasteiger partial charge in [-0.1, -0.05) is 50.3 Å². The second-order valence-electron chi connectivity index (χ2n) is 11.3. The molecule has 0 radical (unpaired) electrons. The number of nitrogens with zero attached hydrogens (tertiary/aromatic N) is 2. The molecule has 0 heterocycles. The Morgan fingerprint density at radius 1 is 0.521 bits per heavy atom. The van der Waals surface area contributed by atoms with Crippen molar-refractivity contribution < 1.29 is 39.5 Å². The van der Waals surface area contributed by atoms with Crippen molar-refractivity contribution in [1.82, 2.24) is 0 Å². The first kappa shape index (κ1) is 38.6. The predicted octanol–water partition coefficient (Wildman–Crippen LogP) is 7.75. The number of nitrogens with two attached hydrogens (primary N) is 3. The summed E-state index contributed by atoms with van der Waals surface area (Å²) >= 11 is 0. The molecule has 3 aromatic carbocycles. The molecular weight excluding hydrogens is 668 g/mol. The van der Waals surface area contributed by atoms with Crippen LogP contribution in [0.15, 0.2) is 82.8 Å². The molecule has 3 aromatic rings. The zero-order chi connectivity index (χ0) is 35.6. The van der Waals surface area contributed by atoms with Crippen LogP contribution < -0.4 is 33.1 Å². The number of benzene rings is 3. The lowest BCUT2D eigenvalue weighted by Crippen LogP contribution is -2.35. The SMILES string of the molecule is NC(N)=NC(N)=NCCCCCCCCCC[P+](c1cccc(C(F)(F)F)c1)(c1cccc(C(F)(F)F)c1)c1cccc(C(F)(F)F)c1. The van der Waals surface area contributed by atoms with Gasteiger partial charge in [0.05, 0.1) is 22.9 Å². The van der Waals surface area contributed by atoms with E-state index in [1.807, 2.05) is 0 Å². The summed E-state index contributed by atoms with van der Waals surface area (Å²) < 4.78 is 125. The third kappa shape index (κ3) is 10.9. The van der Waals surface area contributed by atoms with Gasteiger partial charge in [-0.2, -0.15) is 44.5 Å². The van der Waals surface area contributed by atoms with Crippen molar-refractivity contribution in [3.63, 3.8) is 0 Å². The lowest BCUT2D eigenvalue weighted by Gasteiger charge is -2.29. The van der Waals surface area contributed by atoms with Crippen LogP contribution in [-0.4, -0.2) is 24.6 Å². The molecule has 0 aliphatic carbocycles. The highest BCUT2D eigenvalue weighted by molar-refractivity contribution is 7.95. The maximum absolute atomic E-state index is 13.9. The second-order valence-corrected chi connectivity index (χ2v) is 14.9. The van der Waals surface area contributed by atoms with E-state index in [2.05, 4.69) is 9.98 Å². The Morgan fingerprint density at radius 2 is 0.875 bits per heavy atom. The fraction of sp³-hybridized carbons (Fsp3) is 0.394. The van der Waals surface area contributed by atoms with Crippen molar-refractivity contribution in [3.05, 3.63) is 89.5 Å². The van der Waals surface area contributed by atoms with Gasteiger partial charge in [0.25, 0.3) is 0 Å². The maximum atomic E-state index is 13.9. The minimum Gasteiger partial charge on any atom is -0.370 e. The number of hydrogen-bond acceptors (Lipinski definition) is 1. The normalized spacial score (nSPS) is 13.1. The Balaban J connectivity index is 1.91. The number of guanidine groups is 2. The molecule has 0 spiro atoms. The van der Waals surface area contributed by atoms with Gasteiger partial charge in [0.1, 0.15) is 23.2 Å². The molecule has 6 N–H and O–H groups in total. The lowest BCUT2D eigenvalue weighted by atomic mass is 10.1. The summed E-state index contributed by atoms with van der Waals surface area (Å²) in [7, 11) is -3.48. The highest BCUT2D eigenvalue weighted by Gasteiger charge is 2.48. The number of unbranched alkanes of at least 4 members (excludes halogenated alkanes) is 7. The molecule has 0 unspecified atom stereocenters. The average Bonchev–Trinajstić information content (AvgIpc) is 3.00. The zero-order valence-electron chi connectivity index (χ0n) is 26.0. The van der Waals surface area contributed by atoms with E-state index in [0.717, 1.165) is 93.1 Å². The minimum absolute atomic E-state index is 0.00526. The van der Waals surface area contributed by atoms with Crippen molar-refractivity contribution in [2.45, 2.75) is 69.9 Å². The Labute approximate surface area is 273 Å². The van der Waals surface area contributed by atoms with Gasteiger partial charge in [-0.3, -0.25) is 4.99 Å². The molecule has 262 valence electrons. The first-order chi connectivity index (χ1) is 22.4. The molecule has 0 aliphatic heterocycles. The molecule has 3 rings (SSSR count). The van der Waals surface area contributed by atoms with Crippen molar-refractivity contribution in [2.24, 2.45) is 27.2 Å². The van der Waals surface area contributed by atoms with E-state index < -0.39 is 42.5 Å². The third-order valence-corrected chi connectivity index (χ3v) is 12.2. The second kappa shape index (κ2) is 16.5. The fourth-order valence-electron chi connectivity index (χ4n) is 5.48. The monoisotopic (exact) mass is 706 g/mol. The molecule has 0 amide bonds. The molecule has 5 nitrogen and oxygen atoms in total. The number of alkyl halides is 9. The number of halogens is 9. The molecule has 0 aromatic heterocycles. The van der Waals surface area contributed by atoms with Gasteiger partial charge >= 0.3 is 18.5 Å². The van der Waals surface area contributed by atoms with Crippen LogP contribution in [0.25, 0.3) is 0 Å². The van der Waals surface area contributed by atoms with Crippen LogP contribution in [-0.2, 0) is 18.5 Å². The highest BCUT2D eigenvalue weighted by atomic mass is 31.2. The van der Waals surface area contributed by atoms with Gasteiger partial charge in [-0.05, 0) is 73.9 Å². The molecule has 48 heavy (non-hydrogen) atoms. The van der Waals surface area contributed by atoms with Crippen LogP contribution in [0, 0.1) is 0 Å². The standard InChI is InChI=1S/C33H38F9N5P/c34-31(35,36)23-12-9-15-26(20-23)48(27-16-10-13-24(21-27)32(37,38)39,28-17-11-14-25(22-28)33(40,41)42)19-8-6-4-2-1-3-5-7-18-46-30(45)47-29(43)44/h9-17,20-22H,1-8,18-19H2,(H6,43,44,45,46,47)/q+1. The van der Waals surface area contributed by atoms with Gasteiger partial charge in [-0.15, -0.1) is 0 Å². The van der Waals surface area contributed by atoms with Crippen molar-refractivity contribution in [2.75, 3.05) is 12.7 Å². The molecule has 0 bridgehead atoms. The summed E-state index contributed by atoms with van der Waals surface area (Å²) in [5.74, 6) is -0.190. The minimum atomic E-state index is -4.78. The van der Waals surface area contributed by atoms with Crippen molar-refractivity contribution in [1.29, 1.82) is 0 Å². The van der Waals surface area contributed by atoms with Crippen LogP contribution in [0.1, 0.15) is 68.1 Å². The summed E-state index contributed by atoms with van der Waals surface area (Å²) in [5, 5.41) is 0.164. The Bertz CT molecular complexity index is 1410. The maximum Gasteiger partial charge on any atom is 0.416 e. The smallest absolute Gasteiger partial charge is 0.370 e. The zero-order valence-corrected chi connectivity index (χ0v) is 26.9. The molecule has 0 aliphatic rings. The predicted molar refractivity (Wildman–Crippen MR) is 174 cm³/mol. The summed E-state index contributed by atoms with van der Waals surface area (Å²) in [6, 6.07) is 12.7. The molecule has 15 heteroatoms. The fourth-order valence-corrected chi connectivity index (χ4v) is 9.94. The molecule has 0 fully saturated rings. The van der Waals surface area contributed by atoms with Crippen LogP contribution in [0.2, 0.25) is 0 Å². The topological polar surface area (TPSA) is 103 Å². The summed E-state index contributed by atoms with van der Waals surface area (Å²) in [5.41, 5.74) is 12.9.